The molecule has 0 unspecified atom stereocenters. The Bertz CT molecular complexity index is 681. The van der Waals surface area contributed by atoms with Crippen molar-refractivity contribution in [1.82, 2.24) is 15.3 Å². The van der Waals surface area contributed by atoms with Crippen molar-refractivity contribution in [1.29, 1.82) is 0 Å². The summed E-state index contributed by atoms with van der Waals surface area (Å²) in [6.45, 7) is 0.356. The second-order valence-corrected chi connectivity index (χ2v) is 5.07. The zero-order valence-corrected chi connectivity index (χ0v) is 13.5. The summed E-state index contributed by atoms with van der Waals surface area (Å²) in [5, 5.41) is 2.80. The minimum absolute atomic E-state index is 0.175. The first-order chi connectivity index (χ1) is 11.1. The molecular formula is C17H20N4O2. The van der Waals surface area contributed by atoms with Crippen molar-refractivity contribution in [3.05, 3.63) is 53.9 Å². The summed E-state index contributed by atoms with van der Waals surface area (Å²) in [5.41, 5.74) is 1.69. The summed E-state index contributed by atoms with van der Waals surface area (Å²) in [4.78, 5) is 22.1. The van der Waals surface area contributed by atoms with Crippen LogP contribution in [0.1, 0.15) is 11.3 Å². The first-order valence-electron chi connectivity index (χ1n) is 7.17. The molecule has 6 heteroatoms. The number of anilines is 1. The molecule has 0 aliphatic carbocycles. The third kappa shape index (κ3) is 5.10. The van der Waals surface area contributed by atoms with Gasteiger partial charge in [-0.15, -0.1) is 0 Å². The predicted molar refractivity (Wildman–Crippen MR) is 90.2 cm³/mol. The van der Waals surface area contributed by atoms with E-state index in [-0.39, 0.29) is 5.91 Å². The molecule has 0 bridgehead atoms. The Morgan fingerprint density at radius 1 is 1.26 bits per heavy atom. The van der Waals surface area contributed by atoms with Gasteiger partial charge in [0, 0.05) is 26.4 Å². The highest BCUT2D eigenvalue weighted by molar-refractivity contribution is 5.91. The number of hydrogen-bond donors (Lipinski definition) is 1. The van der Waals surface area contributed by atoms with Crippen LogP contribution in [0.25, 0.3) is 6.08 Å². The summed E-state index contributed by atoms with van der Waals surface area (Å²) in [6, 6.07) is 9.25. The number of ether oxygens (including phenoxy) is 1. The molecule has 0 atom stereocenters. The van der Waals surface area contributed by atoms with Crippen molar-refractivity contribution in [2.45, 2.75) is 6.54 Å². The van der Waals surface area contributed by atoms with E-state index < -0.39 is 0 Å². The molecule has 1 aromatic heterocycles. The molecule has 0 fully saturated rings. The lowest BCUT2D eigenvalue weighted by molar-refractivity contribution is -0.116. The number of carbonyl (C=O) groups excluding carboxylic acids is 1. The maximum absolute atomic E-state index is 11.9. The third-order valence-electron chi connectivity index (χ3n) is 3.09. The lowest BCUT2D eigenvalue weighted by Crippen LogP contribution is -2.22. The Balaban J connectivity index is 1.89. The van der Waals surface area contributed by atoms with Gasteiger partial charge < -0.3 is 15.0 Å². The molecule has 2 rings (SSSR count). The number of nitrogens with one attached hydrogen (secondary N) is 1. The van der Waals surface area contributed by atoms with E-state index in [2.05, 4.69) is 15.3 Å². The van der Waals surface area contributed by atoms with Crippen LogP contribution in [-0.2, 0) is 11.3 Å². The van der Waals surface area contributed by atoms with Crippen LogP contribution in [0.4, 0.5) is 5.95 Å². The van der Waals surface area contributed by atoms with Gasteiger partial charge in [-0.2, -0.15) is 0 Å². The molecule has 1 aromatic carbocycles. The van der Waals surface area contributed by atoms with Crippen LogP contribution in [0.3, 0.4) is 0 Å². The highest BCUT2D eigenvalue weighted by Crippen LogP contribution is 2.12. The lowest BCUT2D eigenvalue weighted by Gasteiger charge is -2.10. The van der Waals surface area contributed by atoms with E-state index in [1.807, 2.05) is 43.3 Å². The molecule has 1 N–H and O–H groups in total. The second-order valence-electron chi connectivity index (χ2n) is 5.07. The second kappa shape index (κ2) is 7.93. The number of carbonyl (C=O) groups is 1. The Kier molecular flexibility index (Phi) is 5.68. The van der Waals surface area contributed by atoms with E-state index in [9.17, 15) is 4.79 Å². The molecule has 1 amide bonds. The largest absolute Gasteiger partial charge is 0.497 e. The van der Waals surface area contributed by atoms with Crippen molar-refractivity contribution in [3.8, 4) is 5.75 Å². The normalized spacial score (nSPS) is 10.6. The van der Waals surface area contributed by atoms with Gasteiger partial charge in [-0.1, -0.05) is 12.1 Å². The smallest absolute Gasteiger partial charge is 0.244 e. The predicted octanol–water partition coefficient (Wildman–Crippen LogP) is 1.88. The topological polar surface area (TPSA) is 67.3 Å². The molecule has 0 aliphatic rings. The first kappa shape index (κ1) is 16.5. The van der Waals surface area contributed by atoms with Crippen molar-refractivity contribution >= 4 is 17.9 Å². The quantitative estimate of drug-likeness (QED) is 0.825. The SMILES string of the molecule is COc1ccc(/C=C/C(=O)NCc2ccnc(N(C)C)n2)cc1. The van der Waals surface area contributed by atoms with Crippen LogP contribution in [0.15, 0.2) is 42.6 Å². The van der Waals surface area contributed by atoms with Crippen molar-refractivity contribution in [3.63, 3.8) is 0 Å². The fraction of sp³-hybridized carbons (Fsp3) is 0.235. The van der Waals surface area contributed by atoms with Gasteiger partial charge >= 0.3 is 0 Å². The maximum Gasteiger partial charge on any atom is 0.244 e. The van der Waals surface area contributed by atoms with Crippen LogP contribution < -0.4 is 15.0 Å². The van der Waals surface area contributed by atoms with Crippen LogP contribution in [0, 0.1) is 0 Å². The van der Waals surface area contributed by atoms with Gasteiger partial charge in [-0.05, 0) is 29.8 Å². The van der Waals surface area contributed by atoms with Crippen LogP contribution >= 0.6 is 0 Å². The summed E-state index contributed by atoms with van der Waals surface area (Å²) in [6.07, 6.45) is 4.92. The number of aromatic nitrogens is 2. The van der Waals surface area contributed by atoms with Gasteiger partial charge in [-0.3, -0.25) is 4.79 Å². The zero-order chi connectivity index (χ0) is 16.7. The zero-order valence-electron chi connectivity index (χ0n) is 13.5. The Labute approximate surface area is 135 Å². The number of rotatable bonds is 6. The standard InChI is InChI=1S/C17H20N4O2/c1-21(2)17-18-11-10-14(20-17)12-19-16(22)9-6-13-4-7-15(23-3)8-5-13/h4-11H,12H2,1-3H3,(H,19,22)/b9-6+. The fourth-order valence-electron chi connectivity index (χ4n) is 1.82. The summed E-state index contributed by atoms with van der Waals surface area (Å²) < 4.78 is 5.09. The molecule has 0 saturated heterocycles. The Morgan fingerprint density at radius 2 is 2.00 bits per heavy atom. The lowest BCUT2D eigenvalue weighted by atomic mass is 10.2. The number of nitrogens with zero attached hydrogens (tertiary/aromatic N) is 3. The van der Waals surface area contributed by atoms with E-state index >= 15 is 0 Å². The highest BCUT2D eigenvalue weighted by atomic mass is 16.5. The number of amides is 1. The van der Waals surface area contributed by atoms with E-state index in [1.54, 1.807) is 25.4 Å². The van der Waals surface area contributed by atoms with E-state index in [1.165, 1.54) is 6.08 Å². The van der Waals surface area contributed by atoms with Crippen LogP contribution in [0.2, 0.25) is 0 Å². The molecule has 0 saturated carbocycles. The average molecular weight is 312 g/mol. The third-order valence-corrected chi connectivity index (χ3v) is 3.09. The van der Waals surface area contributed by atoms with Crippen molar-refractivity contribution in [2.24, 2.45) is 0 Å². The molecule has 0 aliphatic heterocycles. The van der Waals surface area contributed by atoms with Crippen molar-refractivity contribution < 1.29 is 9.53 Å². The fourth-order valence-corrected chi connectivity index (χ4v) is 1.82. The van der Waals surface area contributed by atoms with E-state index in [0.717, 1.165) is 17.0 Å². The maximum atomic E-state index is 11.9. The Hall–Kier alpha value is -2.89. The summed E-state index contributed by atoms with van der Waals surface area (Å²) in [5.74, 6) is 1.23. The summed E-state index contributed by atoms with van der Waals surface area (Å²) >= 11 is 0. The minimum Gasteiger partial charge on any atom is -0.497 e. The molecule has 2 aromatic rings. The Morgan fingerprint density at radius 3 is 2.65 bits per heavy atom. The average Bonchev–Trinajstić information content (AvgIpc) is 2.58. The van der Waals surface area contributed by atoms with Crippen molar-refractivity contribution in [2.75, 3.05) is 26.1 Å². The van der Waals surface area contributed by atoms with Crippen LogP contribution in [-0.4, -0.2) is 37.1 Å². The van der Waals surface area contributed by atoms with Gasteiger partial charge in [0.1, 0.15) is 5.75 Å². The van der Waals surface area contributed by atoms with Gasteiger partial charge in [0.2, 0.25) is 11.9 Å². The molecule has 0 spiro atoms. The molecule has 0 radical (unpaired) electrons. The first-order valence-corrected chi connectivity index (χ1v) is 7.17. The highest BCUT2D eigenvalue weighted by Gasteiger charge is 2.02. The van der Waals surface area contributed by atoms with Crippen LogP contribution in [0.5, 0.6) is 5.75 Å². The van der Waals surface area contributed by atoms with Gasteiger partial charge in [0.15, 0.2) is 0 Å². The minimum atomic E-state index is -0.175. The van der Waals surface area contributed by atoms with E-state index in [0.29, 0.717) is 12.5 Å². The number of methoxy groups -OCH3 is 1. The van der Waals surface area contributed by atoms with E-state index in [4.69, 9.17) is 4.74 Å². The van der Waals surface area contributed by atoms with Gasteiger partial charge in [-0.25, -0.2) is 9.97 Å². The number of benzene rings is 1. The molecule has 6 nitrogen and oxygen atoms in total. The molecule has 120 valence electrons. The van der Waals surface area contributed by atoms with Gasteiger partial charge in [0.25, 0.3) is 0 Å². The summed E-state index contributed by atoms with van der Waals surface area (Å²) in [7, 11) is 5.36. The molecule has 23 heavy (non-hydrogen) atoms. The van der Waals surface area contributed by atoms with Gasteiger partial charge in [0.05, 0.1) is 19.3 Å². The molecule has 1 heterocycles. The monoisotopic (exact) mass is 312 g/mol. The number of hydrogen-bond acceptors (Lipinski definition) is 5. The molecular weight excluding hydrogens is 292 g/mol.